The molecule has 5 heterocycles. The molecular formula is C28H27F5N6O4. The van der Waals surface area contributed by atoms with E-state index in [2.05, 4.69) is 25.3 Å². The van der Waals surface area contributed by atoms with E-state index >= 15 is 4.39 Å². The Balaban J connectivity index is 1.69. The van der Waals surface area contributed by atoms with Crippen molar-refractivity contribution in [2.45, 2.75) is 63.7 Å². The average molecular weight is 607 g/mol. The molecule has 2 bridgehead atoms. The summed E-state index contributed by atoms with van der Waals surface area (Å²) in [6.45, 7) is 4.78. The number of nitrogens with one attached hydrogen (secondary N) is 2. The number of Topliss-reactive ketones (excluding diaryl/α,β-unsaturated/α-hetero) is 1. The summed E-state index contributed by atoms with van der Waals surface area (Å²) in [5.41, 5.74) is 2.96. The number of aryl methyl sites for hydroxylation is 1. The van der Waals surface area contributed by atoms with E-state index in [1.807, 2.05) is 4.90 Å². The molecule has 15 heteroatoms. The highest BCUT2D eigenvalue weighted by Crippen LogP contribution is 2.48. The van der Waals surface area contributed by atoms with Crippen LogP contribution >= 0.6 is 0 Å². The van der Waals surface area contributed by atoms with Gasteiger partial charge in [-0.25, -0.2) is 18.7 Å². The number of pyridine rings is 2. The Morgan fingerprint density at radius 3 is 2.60 bits per heavy atom. The van der Waals surface area contributed by atoms with Crippen molar-refractivity contribution in [1.29, 1.82) is 0 Å². The number of fused-ring (bicyclic) bond motifs is 5. The highest BCUT2D eigenvalue weighted by molar-refractivity contribution is 6.07. The first-order valence-corrected chi connectivity index (χ1v) is 13.5. The van der Waals surface area contributed by atoms with Crippen LogP contribution in [0.25, 0.3) is 22.0 Å². The molecule has 2 fully saturated rings. The molecule has 6 rings (SSSR count). The fourth-order valence-corrected chi connectivity index (χ4v) is 6.61. The van der Waals surface area contributed by atoms with Gasteiger partial charge >= 0.3 is 6.36 Å². The number of carbonyl (C=O) groups is 2. The number of aromatic nitrogens is 2. The van der Waals surface area contributed by atoms with Gasteiger partial charge in [0.2, 0.25) is 5.88 Å². The normalized spacial score (nSPS) is 24.3. The average Bonchev–Trinajstić information content (AvgIpc) is 3.22. The van der Waals surface area contributed by atoms with Crippen LogP contribution < -0.4 is 30.7 Å². The van der Waals surface area contributed by atoms with E-state index in [1.54, 1.807) is 6.92 Å². The van der Waals surface area contributed by atoms with Crippen LogP contribution in [-0.4, -0.2) is 65.3 Å². The van der Waals surface area contributed by atoms with Crippen LogP contribution in [0.4, 0.5) is 33.5 Å². The molecule has 2 saturated heterocycles. The number of nitrogens with two attached hydrogens (primary N) is 1. The molecule has 2 aromatic heterocycles. The summed E-state index contributed by atoms with van der Waals surface area (Å²) in [5, 5.41) is 5.73. The molecule has 0 aliphatic carbocycles. The number of hydrogen-bond donors (Lipinski definition) is 3. The van der Waals surface area contributed by atoms with E-state index in [1.165, 1.54) is 20.9 Å². The number of anilines is 2. The summed E-state index contributed by atoms with van der Waals surface area (Å²) >= 11 is 0. The highest BCUT2D eigenvalue weighted by atomic mass is 19.4. The highest BCUT2D eigenvalue weighted by Gasteiger charge is 2.55. The molecule has 0 radical (unpaired) electrons. The number of nitrogen functional groups attached to an aromatic ring is 1. The minimum Gasteiger partial charge on any atom is -0.472 e. The first-order valence-electron chi connectivity index (χ1n) is 13.5. The zero-order chi connectivity index (χ0) is 31.2. The largest absolute Gasteiger partial charge is 0.573 e. The predicted octanol–water partition coefficient (Wildman–Crippen LogP) is 3.77. The molecule has 0 saturated carbocycles. The van der Waals surface area contributed by atoms with E-state index in [4.69, 9.17) is 10.5 Å². The monoisotopic (exact) mass is 606 g/mol. The van der Waals surface area contributed by atoms with Crippen molar-refractivity contribution in [3.05, 3.63) is 35.0 Å². The summed E-state index contributed by atoms with van der Waals surface area (Å²) in [5.74, 6) is -4.80. The smallest absolute Gasteiger partial charge is 0.472 e. The van der Waals surface area contributed by atoms with Gasteiger partial charge in [0, 0.05) is 36.8 Å². The molecule has 0 spiro atoms. The van der Waals surface area contributed by atoms with Crippen LogP contribution in [0.5, 0.6) is 11.6 Å². The second-order valence-electron chi connectivity index (χ2n) is 11.1. The predicted molar refractivity (Wildman–Crippen MR) is 145 cm³/mol. The summed E-state index contributed by atoms with van der Waals surface area (Å²) in [6, 6.07) is 0.830. The Kier molecular flexibility index (Phi) is 6.45. The van der Waals surface area contributed by atoms with Gasteiger partial charge in [-0.15, -0.1) is 13.2 Å². The molecule has 228 valence electrons. The zero-order valence-corrected chi connectivity index (χ0v) is 23.4. The Morgan fingerprint density at radius 2 is 1.95 bits per heavy atom. The first-order chi connectivity index (χ1) is 20.2. The van der Waals surface area contributed by atoms with Gasteiger partial charge in [-0.2, -0.15) is 0 Å². The third-order valence-electron chi connectivity index (χ3n) is 8.54. The van der Waals surface area contributed by atoms with Gasteiger partial charge in [-0.3, -0.25) is 14.9 Å². The van der Waals surface area contributed by atoms with Gasteiger partial charge in [0.25, 0.3) is 5.91 Å². The lowest BCUT2D eigenvalue weighted by molar-refractivity contribution is -0.275. The number of piperazine rings is 1. The third kappa shape index (κ3) is 4.39. The van der Waals surface area contributed by atoms with Gasteiger partial charge < -0.3 is 25.4 Å². The molecule has 1 aromatic carbocycles. The van der Waals surface area contributed by atoms with Gasteiger partial charge in [0.1, 0.15) is 23.3 Å². The van der Waals surface area contributed by atoms with Crippen LogP contribution in [-0.2, 0) is 4.79 Å². The lowest BCUT2D eigenvalue weighted by atomic mass is 9.90. The molecule has 10 nitrogen and oxygen atoms in total. The number of ketones is 1. The number of ether oxygens (including phenoxy) is 2. The van der Waals surface area contributed by atoms with Crippen LogP contribution in [0.3, 0.4) is 0 Å². The summed E-state index contributed by atoms with van der Waals surface area (Å²) in [4.78, 5) is 36.5. The number of rotatable bonds is 4. The van der Waals surface area contributed by atoms with Crippen molar-refractivity contribution in [3.8, 4) is 22.9 Å². The fraction of sp³-hybridized carbons (Fsp3) is 0.429. The van der Waals surface area contributed by atoms with Crippen molar-refractivity contribution in [2.75, 3.05) is 24.2 Å². The van der Waals surface area contributed by atoms with Gasteiger partial charge in [0.05, 0.1) is 22.5 Å². The van der Waals surface area contributed by atoms with E-state index in [0.717, 1.165) is 6.07 Å². The number of nitrogens with zero attached hydrogens (tertiary/aromatic N) is 3. The number of carbonyl (C=O) groups excluding carboxylic acids is 2. The maximum absolute atomic E-state index is 16.7. The molecule has 0 unspecified atom stereocenters. The van der Waals surface area contributed by atoms with Gasteiger partial charge in [-0.05, 0) is 45.2 Å². The van der Waals surface area contributed by atoms with Crippen LogP contribution in [0.1, 0.15) is 42.7 Å². The van der Waals surface area contributed by atoms with Crippen LogP contribution in [0, 0.1) is 18.6 Å². The van der Waals surface area contributed by atoms with E-state index in [-0.39, 0.29) is 57.8 Å². The Bertz CT molecular complexity index is 1720. The minimum absolute atomic E-state index is 0.0391. The first kappa shape index (κ1) is 28.8. The lowest BCUT2D eigenvalue weighted by Crippen LogP contribution is -2.69. The molecule has 4 atom stereocenters. The molecule has 43 heavy (non-hydrogen) atoms. The standard InChI is InChI=1S/C28H27F5N6O4/c1-10-17-18-24(36-20(10)25(41)35-4)39-9-27(12(3)40)6-5-16(38-27)22(39)11(2)42-26(18)37-21(19(17)30)14-7-13(34)8-15(29)23(14)43-28(31,32)33/h7-8,11,16,22,38H,5-6,9,34H2,1-4H3,(H,35,41)/t11-,16-,22+,27+/m0/s1. The number of alkyl halides is 3. The number of halogens is 5. The number of hydrogen-bond acceptors (Lipinski definition) is 9. The van der Waals surface area contributed by atoms with Crippen molar-refractivity contribution in [3.63, 3.8) is 0 Å². The van der Waals surface area contributed by atoms with Crippen molar-refractivity contribution >= 4 is 34.0 Å². The Labute approximate surface area is 241 Å². The molecule has 3 aliphatic rings. The maximum atomic E-state index is 16.7. The molecule has 3 aliphatic heterocycles. The lowest BCUT2D eigenvalue weighted by Gasteiger charge is -2.47. The summed E-state index contributed by atoms with van der Waals surface area (Å²) in [7, 11) is 1.37. The van der Waals surface area contributed by atoms with Crippen molar-refractivity contribution in [2.24, 2.45) is 0 Å². The molecule has 4 N–H and O–H groups in total. The van der Waals surface area contributed by atoms with Gasteiger partial charge in [0.15, 0.2) is 23.2 Å². The van der Waals surface area contributed by atoms with Crippen molar-refractivity contribution < 1.29 is 41.0 Å². The molecule has 3 aromatic rings. The molecule has 1 amide bonds. The third-order valence-corrected chi connectivity index (χ3v) is 8.54. The van der Waals surface area contributed by atoms with Crippen LogP contribution in [0.15, 0.2) is 12.1 Å². The quantitative estimate of drug-likeness (QED) is 0.300. The van der Waals surface area contributed by atoms with Crippen molar-refractivity contribution in [1.82, 2.24) is 20.6 Å². The Morgan fingerprint density at radius 1 is 1.23 bits per heavy atom. The minimum atomic E-state index is -5.32. The number of amides is 1. The zero-order valence-electron chi connectivity index (χ0n) is 23.4. The Hall–Kier alpha value is -4.27. The van der Waals surface area contributed by atoms with E-state index < -0.39 is 58.6 Å². The second kappa shape index (κ2) is 9.62. The molecular weight excluding hydrogens is 579 g/mol. The fourth-order valence-electron chi connectivity index (χ4n) is 6.61. The number of benzene rings is 1. The summed E-state index contributed by atoms with van der Waals surface area (Å²) in [6.07, 6.45) is -4.81. The van der Waals surface area contributed by atoms with Crippen LogP contribution in [0.2, 0.25) is 0 Å². The van der Waals surface area contributed by atoms with E-state index in [0.29, 0.717) is 18.9 Å². The second-order valence-corrected chi connectivity index (χ2v) is 11.1. The SMILES string of the molecule is CNC(=O)c1nc2c3c(nc(-c4cc(N)cc(F)c4OC(F)(F)F)c(F)c3c1C)O[C@@H](C)[C@@H]1[C@@H]3CC[C@](C(C)=O)(CN21)N3. The summed E-state index contributed by atoms with van der Waals surface area (Å²) < 4.78 is 81.7. The van der Waals surface area contributed by atoms with E-state index in [9.17, 15) is 27.2 Å². The topological polar surface area (TPSA) is 132 Å². The van der Waals surface area contributed by atoms with Gasteiger partial charge in [-0.1, -0.05) is 0 Å². The maximum Gasteiger partial charge on any atom is 0.573 e.